The first-order valence-corrected chi connectivity index (χ1v) is 10.00. The molecule has 0 atom stereocenters. The molecule has 0 aromatic heterocycles. The van der Waals surface area contributed by atoms with E-state index in [1.165, 1.54) is 19.3 Å². The Morgan fingerprint density at radius 1 is 0.370 bits per heavy atom. The fraction of sp³-hybridized carbons (Fsp3) is 1.00. The quantitative estimate of drug-likeness (QED) is 0.176. The number of alkyl halides is 6. The van der Waals surface area contributed by atoms with Gasteiger partial charge < -0.3 is 9.47 Å². The lowest BCUT2D eigenvalue weighted by atomic mass is 10.0. The van der Waals surface area contributed by atoms with Crippen LogP contribution < -0.4 is 0 Å². The molecular formula is C19H34F6O2. The molecule has 0 N–H and O–H groups in total. The van der Waals surface area contributed by atoms with Gasteiger partial charge in [-0.25, -0.2) is 0 Å². The van der Waals surface area contributed by atoms with E-state index in [0.717, 1.165) is 51.4 Å². The number of ether oxygens (including phenoxy) is 2. The highest BCUT2D eigenvalue weighted by molar-refractivity contribution is 4.51. The normalized spacial score (nSPS) is 12.7. The molecule has 0 saturated heterocycles. The van der Waals surface area contributed by atoms with Gasteiger partial charge in [0.2, 0.25) is 0 Å². The van der Waals surface area contributed by atoms with Gasteiger partial charge in [0.1, 0.15) is 13.2 Å². The van der Waals surface area contributed by atoms with Crippen LogP contribution in [0.1, 0.15) is 83.5 Å². The Morgan fingerprint density at radius 2 is 0.593 bits per heavy atom. The molecule has 0 aromatic carbocycles. The first-order valence-electron chi connectivity index (χ1n) is 10.00. The average molecular weight is 408 g/mol. The van der Waals surface area contributed by atoms with Crippen LogP contribution in [0.5, 0.6) is 0 Å². The Kier molecular flexibility index (Phi) is 16.1. The molecule has 0 radical (unpaired) electrons. The summed E-state index contributed by atoms with van der Waals surface area (Å²) in [5, 5.41) is 0. The van der Waals surface area contributed by atoms with Crippen molar-refractivity contribution < 1.29 is 35.8 Å². The summed E-state index contributed by atoms with van der Waals surface area (Å²) in [6.07, 6.45) is 4.83. The smallest absolute Gasteiger partial charge is 0.372 e. The van der Waals surface area contributed by atoms with Crippen molar-refractivity contribution in [2.75, 3.05) is 26.4 Å². The molecule has 27 heavy (non-hydrogen) atoms. The third kappa shape index (κ3) is 25.5. The van der Waals surface area contributed by atoms with Crippen LogP contribution in [0, 0.1) is 0 Å². The molecular weight excluding hydrogens is 374 g/mol. The topological polar surface area (TPSA) is 18.5 Å². The second-order valence-electron chi connectivity index (χ2n) is 6.93. The first-order chi connectivity index (χ1) is 12.7. The van der Waals surface area contributed by atoms with Gasteiger partial charge in [0.15, 0.2) is 0 Å². The van der Waals surface area contributed by atoms with E-state index in [-0.39, 0.29) is 13.2 Å². The zero-order chi connectivity index (χ0) is 20.4. The van der Waals surface area contributed by atoms with Crippen molar-refractivity contribution in [1.82, 2.24) is 0 Å². The maximum Gasteiger partial charge on any atom is 0.411 e. The second-order valence-corrected chi connectivity index (χ2v) is 6.93. The van der Waals surface area contributed by atoms with Crippen molar-refractivity contribution >= 4 is 0 Å². The number of rotatable bonds is 18. The van der Waals surface area contributed by atoms with E-state index in [9.17, 15) is 26.3 Å². The SMILES string of the molecule is FC(F)(F)COCCCCCCCCCCCCCCCOCC(F)(F)F. The van der Waals surface area contributed by atoms with E-state index in [1.54, 1.807) is 0 Å². The molecule has 0 spiro atoms. The van der Waals surface area contributed by atoms with Crippen molar-refractivity contribution in [3.8, 4) is 0 Å². The molecule has 0 bridgehead atoms. The molecule has 0 aromatic rings. The monoisotopic (exact) mass is 408 g/mol. The molecule has 0 saturated carbocycles. The molecule has 0 rings (SSSR count). The van der Waals surface area contributed by atoms with Gasteiger partial charge in [0.05, 0.1) is 0 Å². The Hall–Kier alpha value is -0.500. The summed E-state index contributed by atoms with van der Waals surface area (Å²) in [5.41, 5.74) is 0. The predicted molar refractivity (Wildman–Crippen MR) is 93.8 cm³/mol. The third-order valence-electron chi connectivity index (χ3n) is 4.11. The second kappa shape index (κ2) is 16.5. The predicted octanol–water partition coefficient (Wildman–Crippen LogP) is 7.22. The molecule has 0 amide bonds. The molecule has 0 fully saturated rings. The first kappa shape index (κ1) is 26.5. The lowest BCUT2D eigenvalue weighted by Crippen LogP contribution is -2.17. The summed E-state index contributed by atoms with van der Waals surface area (Å²) in [4.78, 5) is 0. The maximum absolute atomic E-state index is 11.8. The van der Waals surface area contributed by atoms with Crippen molar-refractivity contribution in [1.29, 1.82) is 0 Å². The van der Waals surface area contributed by atoms with Gasteiger partial charge >= 0.3 is 12.4 Å². The third-order valence-corrected chi connectivity index (χ3v) is 4.11. The van der Waals surface area contributed by atoms with E-state index >= 15 is 0 Å². The average Bonchev–Trinajstić information content (AvgIpc) is 2.55. The number of unbranched alkanes of at least 4 members (excludes halogenated alkanes) is 12. The zero-order valence-corrected chi connectivity index (χ0v) is 16.1. The highest BCUT2D eigenvalue weighted by atomic mass is 19.4. The number of hydrogen-bond donors (Lipinski definition) is 0. The van der Waals surface area contributed by atoms with Gasteiger partial charge in [0.25, 0.3) is 0 Å². The summed E-state index contributed by atoms with van der Waals surface area (Å²) >= 11 is 0. The summed E-state index contributed by atoms with van der Waals surface area (Å²) in [6.45, 7) is -1.96. The van der Waals surface area contributed by atoms with Crippen LogP contribution in [0.2, 0.25) is 0 Å². The standard InChI is InChI=1S/C19H34F6O2/c20-18(21,22)16-26-14-12-10-8-6-4-2-1-3-5-7-9-11-13-15-27-17-19(23,24)25/h1-17H2. The summed E-state index contributed by atoms with van der Waals surface area (Å²) in [7, 11) is 0. The molecule has 0 unspecified atom stereocenters. The van der Waals surface area contributed by atoms with Gasteiger partial charge in [-0.3, -0.25) is 0 Å². The fourth-order valence-corrected chi connectivity index (χ4v) is 2.73. The highest BCUT2D eigenvalue weighted by Gasteiger charge is 2.27. The van der Waals surface area contributed by atoms with E-state index < -0.39 is 25.6 Å². The largest absolute Gasteiger partial charge is 0.411 e. The van der Waals surface area contributed by atoms with Crippen LogP contribution in [0.15, 0.2) is 0 Å². The van der Waals surface area contributed by atoms with Crippen LogP contribution in [0.3, 0.4) is 0 Å². The van der Waals surface area contributed by atoms with E-state index in [2.05, 4.69) is 9.47 Å². The van der Waals surface area contributed by atoms with Crippen molar-refractivity contribution in [3.05, 3.63) is 0 Å². The van der Waals surface area contributed by atoms with E-state index in [0.29, 0.717) is 12.8 Å². The Labute approximate surface area is 159 Å². The van der Waals surface area contributed by atoms with E-state index in [1.807, 2.05) is 0 Å². The number of halogens is 6. The minimum absolute atomic E-state index is 0.175. The van der Waals surface area contributed by atoms with Crippen molar-refractivity contribution in [3.63, 3.8) is 0 Å². The molecule has 0 aliphatic heterocycles. The fourth-order valence-electron chi connectivity index (χ4n) is 2.73. The van der Waals surface area contributed by atoms with Gasteiger partial charge in [-0.1, -0.05) is 70.6 Å². The van der Waals surface area contributed by atoms with Gasteiger partial charge in [-0.15, -0.1) is 0 Å². The van der Waals surface area contributed by atoms with Gasteiger partial charge in [-0.2, -0.15) is 26.3 Å². The highest BCUT2D eigenvalue weighted by Crippen LogP contribution is 2.16. The van der Waals surface area contributed by atoms with Crippen LogP contribution >= 0.6 is 0 Å². The van der Waals surface area contributed by atoms with Gasteiger partial charge in [0, 0.05) is 13.2 Å². The van der Waals surface area contributed by atoms with Gasteiger partial charge in [-0.05, 0) is 12.8 Å². The summed E-state index contributed by atoms with van der Waals surface area (Å²) < 4.78 is 80.1. The zero-order valence-electron chi connectivity index (χ0n) is 16.1. The lowest BCUT2D eigenvalue weighted by molar-refractivity contribution is -0.174. The lowest BCUT2D eigenvalue weighted by Gasteiger charge is -2.07. The summed E-state index contributed by atoms with van der Waals surface area (Å²) in [6, 6.07) is 0. The molecule has 8 heteroatoms. The van der Waals surface area contributed by atoms with Crippen molar-refractivity contribution in [2.24, 2.45) is 0 Å². The summed E-state index contributed by atoms with van der Waals surface area (Å²) in [5.74, 6) is 0. The molecule has 164 valence electrons. The molecule has 0 aliphatic rings. The van der Waals surface area contributed by atoms with Crippen LogP contribution in [0.25, 0.3) is 0 Å². The molecule has 0 aliphatic carbocycles. The van der Waals surface area contributed by atoms with Crippen molar-refractivity contribution in [2.45, 2.75) is 95.8 Å². The van der Waals surface area contributed by atoms with Crippen LogP contribution in [0.4, 0.5) is 26.3 Å². The minimum atomic E-state index is -4.23. The van der Waals surface area contributed by atoms with E-state index in [4.69, 9.17) is 0 Å². The molecule has 2 nitrogen and oxygen atoms in total. The number of hydrogen-bond acceptors (Lipinski definition) is 2. The van der Waals surface area contributed by atoms with Crippen LogP contribution in [-0.2, 0) is 9.47 Å². The Bertz CT molecular complexity index is 288. The Balaban J connectivity index is 3.07. The Morgan fingerprint density at radius 3 is 0.815 bits per heavy atom. The maximum atomic E-state index is 11.8. The molecule has 0 heterocycles. The minimum Gasteiger partial charge on any atom is -0.372 e. The van der Waals surface area contributed by atoms with Crippen LogP contribution in [-0.4, -0.2) is 38.8 Å².